The van der Waals surface area contributed by atoms with Crippen LogP contribution in [-0.4, -0.2) is 33.3 Å². The third-order valence-electron chi connectivity index (χ3n) is 4.05. The van der Waals surface area contributed by atoms with Crippen molar-refractivity contribution in [2.45, 2.75) is 40.0 Å². The Morgan fingerprint density at radius 2 is 1.88 bits per heavy atom. The van der Waals surface area contributed by atoms with Gasteiger partial charge in [-0.25, -0.2) is 8.42 Å². The average Bonchev–Trinajstić information content (AvgIpc) is 2.82. The number of amides is 1. The molecule has 6 nitrogen and oxygen atoms in total. The number of nitrogens with one attached hydrogen (secondary N) is 2. The first-order valence-electron chi connectivity index (χ1n) is 8.53. The highest BCUT2D eigenvalue weighted by atomic mass is 32.2. The molecule has 0 aliphatic carbocycles. The fraction of sp³-hybridized carbons (Fsp3) is 0.444. The number of aliphatic imine (C=N–C) groups is 1. The van der Waals surface area contributed by atoms with Crippen LogP contribution in [0.3, 0.4) is 0 Å². The molecule has 0 saturated heterocycles. The predicted octanol–water partition coefficient (Wildman–Crippen LogP) is 2.23. The van der Waals surface area contributed by atoms with Crippen LogP contribution in [0.1, 0.15) is 44.7 Å². The van der Waals surface area contributed by atoms with Crippen molar-refractivity contribution in [2.75, 3.05) is 13.1 Å². The molecule has 1 aromatic carbocycles. The minimum atomic E-state index is -3.66. The molecule has 25 heavy (non-hydrogen) atoms. The lowest BCUT2D eigenvalue weighted by Crippen LogP contribution is -2.29. The minimum absolute atomic E-state index is 0.0963. The molecule has 0 aromatic heterocycles. The van der Waals surface area contributed by atoms with Gasteiger partial charge in [0, 0.05) is 12.1 Å². The van der Waals surface area contributed by atoms with E-state index in [-0.39, 0.29) is 23.2 Å². The molecule has 1 aromatic rings. The van der Waals surface area contributed by atoms with Crippen LogP contribution in [0.5, 0.6) is 0 Å². The summed E-state index contributed by atoms with van der Waals surface area (Å²) >= 11 is 0. The van der Waals surface area contributed by atoms with E-state index in [9.17, 15) is 13.2 Å². The van der Waals surface area contributed by atoms with Gasteiger partial charge < -0.3 is 5.32 Å². The zero-order chi connectivity index (χ0) is 18.4. The van der Waals surface area contributed by atoms with Gasteiger partial charge in [0.15, 0.2) is 0 Å². The molecule has 136 valence electrons. The summed E-state index contributed by atoms with van der Waals surface area (Å²) in [6.07, 6.45) is 2.80. The number of aryl methyl sites for hydroxylation is 1. The summed E-state index contributed by atoms with van der Waals surface area (Å²) in [7, 11) is -3.66. The number of carbonyl (C=O) groups is 1. The van der Waals surface area contributed by atoms with Crippen LogP contribution in [0.15, 0.2) is 34.8 Å². The molecule has 0 unspecified atom stereocenters. The molecule has 0 radical (unpaired) electrons. The largest absolute Gasteiger partial charge is 0.354 e. The van der Waals surface area contributed by atoms with Crippen LogP contribution in [0.2, 0.25) is 0 Å². The first kappa shape index (κ1) is 19.2. The Labute approximate surface area is 149 Å². The van der Waals surface area contributed by atoms with Crippen LogP contribution < -0.4 is 10.0 Å². The van der Waals surface area contributed by atoms with Gasteiger partial charge in [0.1, 0.15) is 17.3 Å². The van der Waals surface area contributed by atoms with Crippen LogP contribution in [0, 0.1) is 0 Å². The van der Waals surface area contributed by atoms with Crippen LogP contribution in [0.4, 0.5) is 0 Å². The molecule has 0 bridgehead atoms. The lowest BCUT2D eigenvalue weighted by molar-refractivity contribution is -0.119. The van der Waals surface area contributed by atoms with E-state index >= 15 is 0 Å². The summed E-state index contributed by atoms with van der Waals surface area (Å²) < 4.78 is 27.3. The number of hydrogen-bond donors (Lipinski definition) is 2. The molecule has 1 aliphatic heterocycles. The van der Waals surface area contributed by atoms with E-state index in [1.54, 1.807) is 19.1 Å². The van der Waals surface area contributed by atoms with Gasteiger partial charge in [-0.1, -0.05) is 44.5 Å². The lowest BCUT2D eigenvalue weighted by Gasteiger charge is -2.04. The SMILES string of the molecule is CCCCNC(=O)CN=C1NS(=O)(=O)C(c2ccc(CC)cc2)=C1C. The highest BCUT2D eigenvalue weighted by molar-refractivity contribution is 8.00. The summed E-state index contributed by atoms with van der Waals surface area (Å²) in [6.45, 7) is 6.30. The second-order valence-electron chi connectivity index (χ2n) is 5.98. The third kappa shape index (κ3) is 4.69. The molecule has 1 heterocycles. The van der Waals surface area contributed by atoms with Gasteiger partial charge in [0.2, 0.25) is 5.91 Å². The molecule has 0 atom stereocenters. The van der Waals surface area contributed by atoms with Gasteiger partial charge in [-0.05, 0) is 30.9 Å². The van der Waals surface area contributed by atoms with Crippen molar-refractivity contribution in [1.29, 1.82) is 0 Å². The maximum absolute atomic E-state index is 12.4. The molecule has 0 saturated carbocycles. The zero-order valence-corrected chi connectivity index (χ0v) is 15.7. The minimum Gasteiger partial charge on any atom is -0.354 e. The van der Waals surface area contributed by atoms with E-state index in [0.717, 1.165) is 24.8 Å². The first-order valence-corrected chi connectivity index (χ1v) is 10.0. The van der Waals surface area contributed by atoms with E-state index in [1.807, 2.05) is 26.0 Å². The number of nitrogens with zero attached hydrogens (tertiary/aromatic N) is 1. The number of hydrogen-bond acceptors (Lipinski definition) is 4. The van der Waals surface area contributed by atoms with Crippen molar-refractivity contribution in [1.82, 2.24) is 10.0 Å². The van der Waals surface area contributed by atoms with Crippen molar-refractivity contribution in [3.05, 3.63) is 41.0 Å². The zero-order valence-electron chi connectivity index (χ0n) is 14.9. The topological polar surface area (TPSA) is 87.6 Å². The smallest absolute Gasteiger partial charge is 0.264 e. The van der Waals surface area contributed by atoms with Crippen molar-refractivity contribution in [3.8, 4) is 0 Å². The van der Waals surface area contributed by atoms with Crippen LogP contribution in [-0.2, 0) is 21.2 Å². The Kier molecular flexibility index (Phi) is 6.36. The van der Waals surface area contributed by atoms with Gasteiger partial charge >= 0.3 is 0 Å². The van der Waals surface area contributed by atoms with E-state index in [0.29, 0.717) is 17.7 Å². The Morgan fingerprint density at radius 3 is 2.48 bits per heavy atom. The number of rotatable bonds is 7. The van der Waals surface area contributed by atoms with Gasteiger partial charge in [-0.3, -0.25) is 14.5 Å². The maximum atomic E-state index is 12.4. The lowest BCUT2D eigenvalue weighted by atomic mass is 10.1. The quantitative estimate of drug-likeness (QED) is 0.728. The average molecular weight is 363 g/mol. The van der Waals surface area contributed by atoms with Crippen molar-refractivity contribution >= 4 is 26.7 Å². The molecule has 0 fully saturated rings. The number of unbranched alkanes of at least 4 members (excludes halogenated alkanes) is 1. The fourth-order valence-electron chi connectivity index (χ4n) is 2.59. The van der Waals surface area contributed by atoms with E-state index in [4.69, 9.17) is 0 Å². The van der Waals surface area contributed by atoms with E-state index in [2.05, 4.69) is 15.0 Å². The van der Waals surface area contributed by atoms with E-state index < -0.39 is 10.0 Å². The third-order valence-corrected chi connectivity index (χ3v) is 5.59. The molecular formula is C18H25N3O3S. The highest BCUT2D eigenvalue weighted by Crippen LogP contribution is 2.29. The number of amidine groups is 1. The van der Waals surface area contributed by atoms with Crippen molar-refractivity contribution < 1.29 is 13.2 Å². The number of sulfonamides is 1. The summed E-state index contributed by atoms with van der Waals surface area (Å²) in [4.78, 5) is 16.1. The highest BCUT2D eigenvalue weighted by Gasteiger charge is 2.32. The van der Waals surface area contributed by atoms with Crippen molar-refractivity contribution in [3.63, 3.8) is 0 Å². The Balaban J connectivity index is 2.20. The van der Waals surface area contributed by atoms with Crippen LogP contribution in [0.25, 0.3) is 4.91 Å². The Bertz CT molecular complexity index is 793. The second kappa shape index (κ2) is 8.29. The van der Waals surface area contributed by atoms with Gasteiger partial charge in [-0.2, -0.15) is 0 Å². The summed E-state index contributed by atoms with van der Waals surface area (Å²) in [5, 5.41) is 2.76. The number of benzene rings is 1. The molecule has 1 amide bonds. The van der Waals surface area contributed by atoms with E-state index in [1.165, 1.54) is 0 Å². The van der Waals surface area contributed by atoms with Crippen LogP contribution >= 0.6 is 0 Å². The van der Waals surface area contributed by atoms with Gasteiger partial charge in [-0.15, -0.1) is 0 Å². The first-order chi connectivity index (χ1) is 11.9. The molecule has 7 heteroatoms. The molecular weight excluding hydrogens is 338 g/mol. The number of carbonyl (C=O) groups excluding carboxylic acids is 1. The van der Waals surface area contributed by atoms with Gasteiger partial charge in [0.25, 0.3) is 10.0 Å². The maximum Gasteiger partial charge on any atom is 0.264 e. The molecule has 0 spiro atoms. The predicted molar refractivity (Wildman–Crippen MR) is 101 cm³/mol. The Morgan fingerprint density at radius 1 is 1.20 bits per heavy atom. The molecule has 2 rings (SSSR count). The van der Waals surface area contributed by atoms with Gasteiger partial charge in [0.05, 0.1) is 0 Å². The Hall–Kier alpha value is -2.15. The fourth-order valence-corrected chi connectivity index (χ4v) is 4.11. The molecule has 1 aliphatic rings. The summed E-state index contributed by atoms with van der Waals surface area (Å²) in [5.74, 6) is 0.0221. The normalized spacial score (nSPS) is 17.6. The molecule has 2 N–H and O–H groups in total. The monoisotopic (exact) mass is 363 g/mol. The summed E-state index contributed by atoms with van der Waals surface area (Å²) in [5.41, 5.74) is 2.30. The second-order valence-corrected chi connectivity index (χ2v) is 7.60. The standard InChI is InChI=1S/C18H25N3O3S/c1-4-6-11-19-16(22)12-20-18-13(3)17(25(23,24)21-18)15-9-7-14(5-2)8-10-15/h7-10H,4-6,11-12H2,1-3H3,(H,19,22)(H,20,21). The summed E-state index contributed by atoms with van der Waals surface area (Å²) in [6, 6.07) is 7.44. The van der Waals surface area contributed by atoms with Crippen molar-refractivity contribution in [2.24, 2.45) is 4.99 Å².